The number of nitrogens with one attached hydrogen (secondary N) is 1. The van der Waals surface area contributed by atoms with Crippen LogP contribution in [0.3, 0.4) is 0 Å². The van der Waals surface area contributed by atoms with Crippen LogP contribution in [0.25, 0.3) is 0 Å². The highest BCUT2D eigenvalue weighted by molar-refractivity contribution is 5.30. The molecule has 1 nitrogen and oxygen atoms in total. The van der Waals surface area contributed by atoms with Crippen molar-refractivity contribution in [2.75, 3.05) is 7.05 Å². The van der Waals surface area contributed by atoms with Crippen molar-refractivity contribution >= 4 is 0 Å². The normalized spacial score (nSPS) is 14.0. The van der Waals surface area contributed by atoms with Crippen molar-refractivity contribution in [2.45, 2.75) is 6.92 Å². The first-order valence-electron chi connectivity index (χ1n) is 3.19. The molecule has 0 atom stereocenters. The van der Waals surface area contributed by atoms with Crippen LogP contribution in [-0.2, 0) is 0 Å². The zero-order valence-electron chi connectivity index (χ0n) is 6.62. The Kier molecular flexibility index (Phi) is 4.18. The van der Waals surface area contributed by atoms with Crippen molar-refractivity contribution in [3.05, 3.63) is 36.1 Å². The van der Waals surface area contributed by atoms with Gasteiger partial charge in [-0.05, 0) is 19.1 Å². The molecule has 0 bridgehead atoms. The predicted octanol–water partition coefficient (Wildman–Crippen LogP) is 2.45. The fourth-order valence-electron chi connectivity index (χ4n) is 0.599. The van der Waals surface area contributed by atoms with E-state index in [1.807, 2.05) is 0 Å². The summed E-state index contributed by atoms with van der Waals surface area (Å²) < 4.78 is 25.3. The topological polar surface area (TPSA) is 12.0 Å². The quantitative estimate of drug-likeness (QED) is 0.623. The molecule has 0 rings (SSSR count). The van der Waals surface area contributed by atoms with E-state index in [9.17, 15) is 8.78 Å². The monoisotopic (exact) mass is 159 g/mol. The molecule has 0 aromatic carbocycles. The van der Waals surface area contributed by atoms with Gasteiger partial charge in [-0.1, -0.05) is 6.58 Å². The molecule has 1 N–H and O–H groups in total. The fraction of sp³-hybridized carbons (Fsp3) is 0.250. The van der Waals surface area contributed by atoms with Crippen LogP contribution < -0.4 is 5.32 Å². The second-order valence-electron chi connectivity index (χ2n) is 1.81. The Hall–Kier alpha value is -1.12. The van der Waals surface area contributed by atoms with E-state index in [2.05, 4.69) is 11.9 Å². The first-order valence-corrected chi connectivity index (χ1v) is 3.19. The van der Waals surface area contributed by atoms with Crippen molar-refractivity contribution in [2.24, 2.45) is 0 Å². The zero-order valence-corrected chi connectivity index (χ0v) is 6.62. The van der Waals surface area contributed by atoms with Crippen molar-refractivity contribution in [1.29, 1.82) is 0 Å². The lowest BCUT2D eigenvalue weighted by molar-refractivity contribution is 0.588. The van der Waals surface area contributed by atoms with Crippen LogP contribution in [0.4, 0.5) is 8.78 Å². The maximum absolute atomic E-state index is 12.7. The van der Waals surface area contributed by atoms with Crippen LogP contribution in [0.15, 0.2) is 36.1 Å². The van der Waals surface area contributed by atoms with E-state index in [1.54, 1.807) is 0 Å². The van der Waals surface area contributed by atoms with Gasteiger partial charge in [-0.2, -0.15) is 0 Å². The lowest BCUT2D eigenvalue weighted by Gasteiger charge is -2.02. The molecule has 0 amide bonds. The van der Waals surface area contributed by atoms with Gasteiger partial charge in [0.15, 0.2) is 0 Å². The summed E-state index contributed by atoms with van der Waals surface area (Å²) in [6.07, 6.45) is 2.13. The molecule has 0 spiro atoms. The van der Waals surface area contributed by atoms with Crippen LogP contribution in [-0.4, -0.2) is 7.05 Å². The Balaban J connectivity index is 4.79. The van der Waals surface area contributed by atoms with E-state index in [0.717, 1.165) is 6.08 Å². The third-order valence-corrected chi connectivity index (χ3v) is 1.16. The fourth-order valence-corrected chi connectivity index (χ4v) is 0.599. The molecule has 3 heteroatoms. The first-order chi connectivity index (χ1) is 5.17. The van der Waals surface area contributed by atoms with Crippen LogP contribution in [0, 0.1) is 0 Å². The lowest BCUT2D eigenvalue weighted by atomic mass is 10.3. The number of hydrogen-bond donors (Lipinski definition) is 1. The van der Waals surface area contributed by atoms with Crippen LogP contribution in [0.5, 0.6) is 0 Å². The van der Waals surface area contributed by atoms with Gasteiger partial charge in [0.1, 0.15) is 17.4 Å². The van der Waals surface area contributed by atoms with E-state index < -0.39 is 11.7 Å². The van der Waals surface area contributed by atoms with Gasteiger partial charge in [-0.25, -0.2) is 8.78 Å². The van der Waals surface area contributed by atoms with E-state index in [0.29, 0.717) is 0 Å². The highest BCUT2D eigenvalue weighted by Crippen LogP contribution is 2.14. The van der Waals surface area contributed by atoms with Gasteiger partial charge in [-0.15, -0.1) is 0 Å². The maximum atomic E-state index is 12.7. The second kappa shape index (κ2) is 4.66. The van der Waals surface area contributed by atoms with Crippen LogP contribution in [0.1, 0.15) is 6.92 Å². The molecule has 0 unspecified atom stereocenters. The summed E-state index contributed by atoms with van der Waals surface area (Å²) in [6, 6.07) is 0. The first kappa shape index (κ1) is 9.88. The Morgan fingerprint density at radius 3 is 2.27 bits per heavy atom. The molecule has 0 saturated heterocycles. The van der Waals surface area contributed by atoms with Crippen LogP contribution in [0.2, 0.25) is 0 Å². The van der Waals surface area contributed by atoms with Gasteiger partial charge < -0.3 is 5.32 Å². The van der Waals surface area contributed by atoms with Gasteiger partial charge in [0.05, 0.1) is 0 Å². The van der Waals surface area contributed by atoms with Crippen molar-refractivity contribution in [1.82, 2.24) is 5.32 Å². The van der Waals surface area contributed by atoms with E-state index in [1.165, 1.54) is 20.0 Å². The maximum Gasteiger partial charge on any atom is 0.148 e. The van der Waals surface area contributed by atoms with Crippen LogP contribution >= 0.6 is 0 Å². The molecule has 62 valence electrons. The Bertz CT molecular complexity index is 204. The minimum absolute atomic E-state index is 0.164. The van der Waals surface area contributed by atoms with E-state index in [4.69, 9.17) is 0 Å². The molecule has 11 heavy (non-hydrogen) atoms. The highest BCUT2D eigenvalue weighted by Gasteiger charge is 2.05. The Morgan fingerprint density at radius 1 is 1.45 bits per heavy atom. The van der Waals surface area contributed by atoms with Crippen molar-refractivity contribution in [3.8, 4) is 0 Å². The Morgan fingerprint density at radius 2 is 2.00 bits per heavy atom. The number of rotatable bonds is 3. The molecule has 0 aliphatic carbocycles. The Labute approximate surface area is 65.1 Å². The highest BCUT2D eigenvalue weighted by atomic mass is 19.1. The number of hydrogen-bond acceptors (Lipinski definition) is 1. The average molecular weight is 159 g/mol. The molecule has 0 saturated carbocycles. The minimum atomic E-state index is -0.692. The zero-order chi connectivity index (χ0) is 8.85. The lowest BCUT2D eigenvalue weighted by Crippen LogP contribution is -2.07. The molecule has 0 aliphatic rings. The molecule has 0 aromatic rings. The van der Waals surface area contributed by atoms with E-state index >= 15 is 0 Å². The summed E-state index contributed by atoms with van der Waals surface area (Å²) in [6.45, 7) is 4.67. The summed E-state index contributed by atoms with van der Waals surface area (Å²) in [4.78, 5) is 0. The minimum Gasteiger partial charge on any atom is -0.383 e. The van der Waals surface area contributed by atoms with Gasteiger partial charge in [0.25, 0.3) is 0 Å². The SMILES string of the molecule is C=C/C(F)=C(NC)\C(F)=C/C. The summed E-state index contributed by atoms with van der Waals surface area (Å²) in [5.74, 6) is -1.31. The number of likely N-dealkylation sites (N-methyl/N-ethyl adjacent to an activating group) is 1. The average Bonchev–Trinajstić information content (AvgIpc) is 2.05. The molecule has 0 aliphatic heterocycles. The summed E-state index contributed by atoms with van der Waals surface area (Å²) in [5, 5.41) is 2.39. The third-order valence-electron chi connectivity index (χ3n) is 1.16. The van der Waals surface area contributed by atoms with E-state index in [-0.39, 0.29) is 5.70 Å². The standard InChI is InChI=1S/C8H11F2N/c1-4-6(9)8(11-3)7(10)5-2/h4-5,11H,1H2,2-3H3/b7-5+,8-6-. The van der Waals surface area contributed by atoms with Gasteiger partial charge in [0.2, 0.25) is 0 Å². The summed E-state index contributed by atoms with van der Waals surface area (Å²) in [5.41, 5.74) is -0.164. The largest absolute Gasteiger partial charge is 0.383 e. The van der Waals surface area contributed by atoms with Crippen molar-refractivity contribution in [3.63, 3.8) is 0 Å². The van der Waals surface area contributed by atoms with Gasteiger partial charge in [-0.3, -0.25) is 0 Å². The smallest absolute Gasteiger partial charge is 0.148 e. The summed E-state index contributed by atoms with van der Waals surface area (Å²) in [7, 11) is 1.45. The molecule has 0 radical (unpaired) electrons. The molecule has 0 aromatic heterocycles. The predicted molar refractivity (Wildman–Crippen MR) is 42.3 cm³/mol. The van der Waals surface area contributed by atoms with Crippen molar-refractivity contribution < 1.29 is 8.78 Å². The van der Waals surface area contributed by atoms with Gasteiger partial charge in [0, 0.05) is 7.05 Å². The third kappa shape index (κ3) is 2.53. The molecule has 0 fully saturated rings. The number of allylic oxidation sites excluding steroid dienone is 4. The number of halogens is 2. The van der Waals surface area contributed by atoms with Gasteiger partial charge >= 0.3 is 0 Å². The molecule has 0 heterocycles. The second-order valence-corrected chi connectivity index (χ2v) is 1.81. The summed E-state index contributed by atoms with van der Waals surface area (Å²) >= 11 is 0. The molecular formula is C8H11F2N. The molecular weight excluding hydrogens is 148 g/mol.